The number of fused-ring (bicyclic) bond motifs is 1. The lowest BCUT2D eigenvalue weighted by atomic mass is 10.1. The molecule has 4 nitrogen and oxygen atoms in total. The van der Waals surface area contributed by atoms with Crippen LogP contribution in [-0.4, -0.2) is 23.6 Å². The molecule has 82 valence electrons. The maximum Gasteiger partial charge on any atom is 0.157 e. The van der Waals surface area contributed by atoms with Gasteiger partial charge in [-0.1, -0.05) is 6.92 Å². The summed E-state index contributed by atoms with van der Waals surface area (Å²) in [4.78, 5) is 8.94. The largest absolute Gasteiger partial charge is 0.373 e. The molecular formula is C11H17N3O. The molecule has 15 heavy (non-hydrogen) atoms. The second kappa shape index (κ2) is 4.68. The molecule has 0 aromatic carbocycles. The lowest BCUT2D eigenvalue weighted by Gasteiger charge is -2.18. The summed E-state index contributed by atoms with van der Waals surface area (Å²) in [5, 5.41) is 3.31. The average Bonchev–Trinajstić information content (AvgIpc) is 2.30. The van der Waals surface area contributed by atoms with Gasteiger partial charge in [0, 0.05) is 44.1 Å². The van der Waals surface area contributed by atoms with E-state index < -0.39 is 0 Å². The average molecular weight is 207 g/mol. The van der Waals surface area contributed by atoms with Crippen molar-refractivity contribution in [2.45, 2.75) is 32.4 Å². The minimum Gasteiger partial charge on any atom is -0.373 e. The maximum atomic E-state index is 5.34. The highest BCUT2D eigenvalue weighted by Gasteiger charge is 2.16. The molecule has 0 aliphatic carbocycles. The number of ether oxygens (including phenoxy) is 1. The van der Waals surface area contributed by atoms with Crippen molar-refractivity contribution in [1.29, 1.82) is 0 Å². The molecule has 1 atom stereocenters. The number of nitrogens with zero attached hydrogens (tertiary/aromatic N) is 2. The molecular weight excluding hydrogens is 190 g/mol. The van der Waals surface area contributed by atoms with E-state index in [0.717, 1.165) is 31.8 Å². The first-order chi connectivity index (χ1) is 7.35. The van der Waals surface area contributed by atoms with E-state index in [9.17, 15) is 0 Å². The molecule has 4 heteroatoms. The minimum atomic E-state index is 0.0326. The number of rotatable bonds is 3. The molecule has 0 fully saturated rings. The Balaban J connectivity index is 2.27. The Hall–Kier alpha value is -1.00. The van der Waals surface area contributed by atoms with E-state index in [1.165, 1.54) is 11.3 Å². The molecule has 0 radical (unpaired) electrons. The third kappa shape index (κ3) is 2.16. The highest BCUT2D eigenvalue weighted by Crippen LogP contribution is 2.18. The van der Waals surface area contributed by atoms with Gasteiger partial charge in [0.15, 0.2) is 5.82 Å². The van der Waals surface area contributed by atoms with Crippen LogP contribution in [0, 0.1) is 0 Å². The zero-order chi connectivity index (χ0) is 10.7. The summed E-state index contributed by atoms with van der Waals surface area (Å²) < 4.78 is 5.34. The van der Waals surface area contributed by atoms with Gasteiger partial charge < -0.3 is 10.1 Å². The summed E-state index contributed by atoms with van der Waals surface area (Å²) in [6.45, 7) is 3.98. The van der Waals surface area contributed by atoms with Gasteiger partial charge in [0.05, 0.1) is 0 Å². The fourth-order valence-corrected chi connectivity index (χ4v) is 1.86. The smallest absolute Gasteiger partial charge is 0.157 e. The first-order valence-electron chi connectivity index (χ1n) is 5.43. The van der Waals surface area contributed by atoms with Crippen LogP contribution in [0.1, 0.15) is 36.5 Å². The molecule has 1 aliphatic rings. The standard InChI is InChI=1S/C11H17N3O/c1-3-10(15-2)11-13-7-8-6-12-5-4-9(8)14-11/h7,10,12H,3-6H2,1-2H3. The van der Waals surface area contributed by atoms with E-state index in [0.29, 0.717) is 0 Å². The Morgan fingerprint density at radius 1 is 1.60 bits per heavy atom. The normalized spacial score (nSPS) is 17.2. The monoisotopic (exact) mass is 207 g/mol. The Morgan fingerprint density at radius 3 is 3.20 bits per heavy atom. The van der Waals surface area contributed by atoms with Crippen LogP contribution < -0.4 is 5.32 Å². The van der Waals surface area contributed by atoms with Crippen molar-refractivity contribution in [3.8, 4) is 0 Å². The van der Waals surface area contributed by atoms with Crippen molar-refractivity contribution in [3.05, 3.63) is 23.3 Å². The van der Waals surface area contributed by atoms with E-state index >= 15 is 0 Å². The highest BCUT2D eigenvalue weighted by atomic mass is 16.5. The molecule has 1 N–H and O–H groups in total. The summed E-state index contributed by atoms with van der Waals surface area (Å²) in [5.74, 6) is 0.820. The van der Waals surface area contributed by atoms with Crippen LogP contribution in [-0.2, 0) is 17.7 Å². The number of hydrogen-bond donors (Lipinski definition) is 1. The van der Waals surface area contributed by atoms with E-state index in [4.69, 9.17) is 4.74 Å². The Labute approximate surface area is 90.1 Å². The fourth-order valence-electron chi connectivity index (χ4n) is 1.86. The quantitative estimate of drug-likeness (QED) is 0.809. The van der Waals surface area contributed by atoms with Gasteiger partial charge in [0.2, 0.25) is 0 Å². The number of hydrogen-bond acceptors (Lipinski definition) is 4. The second-order valence-electron chi connectivity index (χ2n) is 3.76. The SMILES string of the molecule is CCC(OC)c1ncc2c(n1)CCNC2. The van der Waals surface area contributed by atoms with Gasteiger partial charge in [-0.05, 0) is 6.42 Å². The van der Waals surface area contributed by atoms with Crippen molar-refractivity contribution in [3.63, 3.8) is 0 Å². The predicted molar refractivity (Wildman–Crippen MR) is 57.5 cm³/mol. The summed E-state index contributed by atoms with van der Waals surface area (Å²) in [6.07, 6.45) is 3.86. The van der Waals surface area contributed by atoms with E-state index in [2.05, 4.69) is 22.2 Å². The highest BCUT2D eigenvalue weighted by molar-refractivity contribution is 5.20. The molecule has 2 rings (SSSR count). The molecule has 0 amide bonds. The number of nitrogens with one attached hydrogen (secondary N) is 1. The first kappa shape index (κ1) is 10.5. The van der Waals surface area contributed by atoms with Crippen molar-refractivity contribution in [1.82, 2.24) is 15.3 Å². The summed E-state index contributed by atoms with van der Waals surface area (Å²) >= 11 is 0. The van der Waals surface area contributed by atoms with Crippen molar-refractivity contribution in [2.24, 2.45) is 0 Å². The van der Waals surface area contributed by atoms with Gasteiger partial charge in [-0.3, -0.25) is 0 Å². The molecule has 1 aromatic rings. The van der Waals surface area contributed by atoms with E-state index in [1.807, 2.05) is 6.20 Å². The molecule has 0 spiro atoms. The van der Waals surface area contributed by atoms with Gasteiger partial charge >= 0.3 is 0 Å². The van der Waals surface area contributed by atoms with Crippen LogP contribution in [0.25, 0.3) is 0 Å². The molecule has 0 saturated carbocycles. The van der Waals surface area contributed by atoms with Crippen LogP contribution in [0.15, 0.2) is 6.20 Å². The lowest BCUT2D eigenvalue weighted by Crippen LogP contribution is -2.25. The van der Waals surface area contributed by atoms with Gasteiger partial charge in [-0.25, -0.2) is 9.97 Å². The first-order valence-corrected chi connectivity index (χ1v) is 5.43. The van der Waals surface area contributed by atoms with Gasteiger partial charge in [0.1, 0.15) is 6.10 Å². The zero-order valence-electron chi connectivity index (χ0n) is 9.29. The van der Waals surface area contributed by atoms with Crippen LogP contribution in [0.4, 0.5) is 0 Å². The zero-order valence-corrected chi connectivity index (χ0v) is 9.29. The molecule has 2 heterocycles. The van der Waals surface area contributed by atoms with Crippen molar-refractivity contribution in [2.75, 3.05) is 13.7 Å². The second-order valence-corrected chi connectivity index (χ2v) is 3.76. The van der Waals surface area contributed by atoms with Crippen LogP contribution in [0.3, 0.4) is 0 Å². The lowest BCUT2D eigenvalue weighted by molar-refractivity contribution is 0.0922. The van der Waals surface area contributed by atoms with Gasteiger partial charge in [0.25, 0.3) is 0 Å². The van der Waals surface area contributed by atoms with Crippen molar-refractivity contribution >= 4 is 0 Å². The molecule has 1 unspecified atom stereocenters. The minimum absolute atomic E-state index is 0.0326. The van der Waals surface area contributed by atoms with Gasteiger partial charge in [-0.2, -0.15) is 0 Å². The molecule has 0 bridgehead atoms. The maximum absolute atomic E-state index is 5.34. The Morgan fingerprint density at radius 2 is 2.47 bits per heavy atom. The molecule has 1 aliphatic heterocycles. The van der Waals surface area contributed by atoms with Gasteiger partial charge in [-0.15, -0.1) is 0 Å². The van der Waals surface area contributed by atoms with Crippen LogP contribution >= 0.6 is 0 Å². The van der Waals surface area contributed by atoms with E-state index in [1.54, 1.807) is 7.11 Å². The molecule has 1 aromatic heterocycles. The van der Waals surface area contributed by atoms with Crippen molar-refractivity contribution < 1.29 is 4.74 Å². The summed E-state index contributed by atoms with van der Waals surface area (Å²) in [6, 6.07) is 0. The molecule has 0 saturated heterocycles. The Kier molecular flexibility index (Phi) is 3.28. The predicted octanol–water partition coefficient (Wildman–Crippen LogP) is 1.22. The number of methoxy groups -OCH3 is 1. The van der Waals surface area contributed by atoms with Crippen LogP contribution in [0.2, 0.25) is 0 Å². The fraction of sp³-hybridized carbons (Fsp3) is 0.636. The van der Waals surface area contributed by atoms with E-state index in [-0.39, 0.29) is 6.10 Å². The topological polar surface area (TPSA) is 47.0 Å². The third-order valence-electron chi connectivity index (χ3n) is 2.77. The third-order valence-corrected chi connectivity index (χ3v) is 2.77. The summed E-state index contributed by atoms with van der Waals surface area (Å²) in [7, 11) is 1.71. The Bertz CT molecular complexity index is 337. The van der Waals surface area contributed by atoms with Crippen LogP contribution in [0.5, 0.6) is 0 Å². The number of aromatic nitrogens is 2. The summed E-state index contributed by atoms with van der Waals surface area (Å²) in [5.41, 5.74) is 2.39.